The van der Waals surface area contributed by atoms with E-state index in [-0.39, 0.29) is 29.6 Å². The first-order valence-electron chi connectivity index (χ1n) is 11.3. The summed E-state index contributed by atoms with van der Waals surface area (Å²) in [5.41, 5.74) is 3.99. The summed E-state index contributed by atoms with van der Waals surface area (Å²) in [6.45, 7) is 8.93. The van der Waals surface area contributed by atoms with E-state index in [0.717, 1.165) is 17.0 Å². The number of rotatable bonds is 5. The lowest BCUT2D eigenvalue weighted by molar-refractivity contribution is -0.122. The van der Waals surface area contributed by atoms with E-state index in [0.29, 0.717) is 18.0 Å². The number of benzene rings is 3. The van der Waals surface area contributed by atoms with Gasteiger partial charge in [0.2, 0.25) is 11.8 Å². The van der Waals surface area contributed by atoms with E-state index in [2.05, 4.69) is 38.2 Å². The summed E-state index contributed by atoms with van der Waals surface area (Å²) in [4.78, 5) is 26.9. The number of nitrogens with zero attached hydrogens (tertiary/aromatic N) is 1. The van der Waals surface area contributed by atoms with Gasteiger partial charge in [-0.1, -0.05) is 50.6 Å². The first-order valence-corrected chi connectivity index (χ1v) is 11.3. The summed E-state index contributed by atoms with van der Waals surface area (Å²) in [6, 6.07) is 23.1. The number of hydrogen-bond donors (Lipinski definition) is 1. The zero-order valence-electron chi connectivity index (χ0n) is 19.6. The number of hydrogen-bond acceptors (Lipinski definition) is 3. The van der Waals surface area contributed by atoms with E-state index in [1.54, 1.807) is 4.90 Å². The number of anilines is 2. The number of amides is 2. The lowest BCUT2D eigenvalue weighted by Crippen LogP contribution is -2.28. The van der Waals surface area contributed by atoms with Gasteiger partial charge in [-0.05, 0) is 66.4 Å². The maximum atomic E-state index is 12.8. The molecular formula is C28H30N2O3. The predicted molar refractivity (Wildman–Crippen MR) is 132 cm³/mol. The summed E-state index contributed by atoms with van der Waals surface area (Å²) in [7, 11) is 0. The number of nitrogens with one attached hydrogen (secondary N) is 1. The maximum Gasteiger partial charge on any atom is 0.229 e. The lowest BCUT2D eigenvalue weighted by Gasteiger charge is -2.19. The molecule has 1 heterocycles. The molecule has 1 atom stereocenters. The highest BCUT2D eigenvalue weighted by Gasteiger charge is 2.35. The highest BCUT2D eigenvalue weighted by molar-refractivity contribution is 6.03. The molecule has 0 aliphatic carbocycles. The van der Waals surface area contributed by atoms with Gasteiger partial charge in [-0.3, -0.25) is 9.59 Å². The van der Waals surface area contributed by atoms with E-state index in [4.69, 9.17) is 4.74 Å². The molecule has 0 bridgehead atoms. The topological polar surface area (TPSA) is 58.6 Å². The molecule has 1 aliphatic heterocycles. The van der Waals surface area contributed by atoms with Crippen molar-refractivity contribution in [3.63, 3.8) is 0 Å². The van der Waals surface area contributed by atoms with Crippen molar-refractivity contribution in [1.29, 1.82) is 0 Å². The normalized spacial score (nSPS) is 16.1. The fourth-order valence-electron chi connectivity index (χ4n) is 3.87. The first kappa shape index (κ1) is 22.6. The van der Waals surface area contributed by atoms with Crippen LogP contribution >= 0.6 is 0 Å². The fourth-order valence-corrected chi connectivity index (χ4v) is 3.87. The molecule has 0 aromatic heterocycles. The van der Waals surface area contributed by atoms with Gasteiger partial charge in [0.05, 0.1) is 5.92 Å². The molecule has 2 amide bonds. The van der Waals surface area contributed by atoms with Gasteiger partial charge in [-0.25, -0.2) is 0 Å². The molecule has 170 valence electrons. The van der Waals surface area contributed by atoms with Crippen LogP contribution in [-0.2, 0) is 15.0 Å². The van der Waals surface area contributed by atoms with Crippen LogP contribution in [0.25, 0.3) is 0 Å². The Morgan fingerprint density at radius 2 is 1.48 bits per heavy atom. The Morgan fingerprint density at radius 1 is 0.909 bits per heavy atom. The summed E-state index contributed by atoms with van der Waals surface area (Å²) >= 11 is 0. The molecule has 0 spiro atoms. The predicted octanol–water partition coefficient (Wildman–Crippen LogP) is 6.08. The third kappa shape index (κ3) is 5.43. The molecule has 1 aliphatic rings. The van der Waals surface area contributed by atoms with Gasteiger partial charge in [-0.2, -0.15) is 0 Å². The number of carbonyl (C=O) groups excluding carboxylic acids is 2. The minimum atomic E-state index is -0.379. The largest absolute Gasteiger partial charge is 0.457 e. The van der Waals surface area contributed by atoms with Crippen LogP contribution < -0.4 is 15.0 Å². The van der Waals surface area contributed by atoms with Gasteiger partial charge in [0.15, 0.2) is 0 Å². The van der Waals surface area contributed by atoms with E-state index in [9.17, 15) is 9.59 Å². The molecule has 1 N–H and O–H groups in total. The van der Waals surface area contributed by atoms with E-state index < -0.39 is 0 Å². The fraction of sp³-hybridized carbons (Fsp3) is 0.286. The van der Waals surface area contributed by atoms with Gasteiger partial charge in [0.1, 0.15) is 11.5 Å². The Hall–Kier alpha value is -3.60. The average Bonchev–Trinajstić information content (AvgIpc) is 3.17. The van der Waals surface area contributed by atoms with E-state index in [1.807, 2.05) is 67.6 Å². The Bertz CT molecular complexity index is 1130. The maximum absolute atomic E-state index is 12.8. The van der Waals surface area contributed by atoms with Crippen LogP contribution in [0.1, 0.15) is 38.3 Å². The summed E-state index contributed by atoms with van der Waals surface area (Å²) < 4.78 is 5.93. The molecule has 1 fully saturated rings. The Kier molecular flexibility index (Phi) is 6.23. The zero-order chi connectivity index (χ0) is 23.6. The van der Waals surface area contributed by atoms with E-state index in [1.165, 1.54) is 5.56 Å². The number of carbonyl (C=O) groups is 2. The van der Waals surface area contributed by atoms with Gasteiger partial charge in [-0.15, -0.1) is 0 Å². The second-order valence-electron chi connectivity index (χ2n) is 9.63. The van der Waals surface area contributed by atoms with Crippen molar-refractivity contribution in [1.82, 2.24) is 0 Å². The standard InChI is InChI=1S/C28H30N2O3/c1-19-5-11-23(12-6-19)30-18-20(17-26(30)31)27(32)29-22-9-15-25(16-10-22)33-24-13-7-21(8-14-24)28(2,3)4/h5-16,20H,17-18H2,1-4H3,(H,29,32). The Morgan fingerprint density at radius 3 is 2.06 bits per heavy atom. The van der Waals surface area contributed by atoms with Gasteiger partial charge in [0, 0.05) is 24.3 Å². The smallest absolute Gasteiger partial charge is 0.229 e. The highest BCUT2D eigenvalue weighted by Crippen LogP contribution is 2.29. The molecule has 5 nitrogen and oxygen atoms in total. The van der Waals surface area contributed by atoms with Crippen molar-refractivity contribution in [2.75, 3.05) is 16.8 Å². The lowest BCUT2D eigenvalue weighted by atomic mass is 9.87. The molecule has 0 radical (unpaired) electrons. The number of ether oxygens (including phenoxy) is 1. The van der Waals surface area contributed by atoms with Crippen LogP contribution in [0.5, 0.6) is 11.5 Å². The minimum Gasteiger partial charge on any atom is -0.457 e. The quantitative estimate of drug-likeness (QED) is 0.521. The van der Waals surface area contributed by atoms with Crippen LogP contribution in [0.4, 0.5) is 11.4 Å². The minimum absolute atomic E-state index is 0.0276. The molecular weight excluding hydrogens is 412 g/mol. The van der Waals surface area contributed by atoms with Crippen molar-refractivity contribution in [3.8, 4) is 11.5 Å². The molecule has 5 heteroatoms. The van der Waals surface area contributed by atoms with Crippen LogP contribution in [0, 0.1) is 12.8 Å². The van der Waals surface area contributed by atoms with Crippen molar-refractivity contribution >= 4 is 23.2 Å². The second kappa shape index (κ2) is 9.10. The Balaban J connectivity index is 1.34. The van der Waals surface area contributed by atoms with Gasteiger partial charge >= 0.3 is 0 Å². The van der Waals surface area contributed by atoms with Crippen LogP contribution in [0.3, 0.4) is 0 Å². The molecule has 1 saturated heterocycles. The van der Waals surface area contributed by atoms with Crippen LogP contribution in [0.2, 0.25) is 0 Å². The average molecular weight is 443 g/mol. The summed E-state index contributed by atoms with van der Waals surface area (Å²) in [5, 5.41) is 2.93. The first-order chi connectivity index (χ1) is 15.7. The molecule has 4 rings (SSSR count). The molecule has 1 unspecified atom stereocenters. The van der Waals surface area contributed by atoms with Crippen LogP contribution in [-0.4, -0.2) is 18.4 Å². The number of aryl methyl sites for hydroxylation is 1. The Labute approximate surface area is 195 Å². The van der Waals surface area contributed by atoms with Crippen LogP contribution in [0.15, 0.2) is 72.8 Å². The highest BCUT2D eigenvalue weighted by atomic mass is 16.5. The third-order valence-electron chi connectivity index (χ3n) is 5.92. The van der Waals surface area contributed by atoms with Crippen molar-refractivity contribution in [2.24, 2.45) is 5.92 Å². The SMILES string of the molecule is Cc1ccc(N2CC(C(=O)Nc3ccc(Oc4ccc(C(C)(C)C)cc4)cc3)CC2=O)cc1. The van der Waals surface area contributed by atoms with Crippen molar-refractivity contribution in [3.05, 3.63) is 83.9 Å². The zero-order valence-corrected chi connectivity index (χ0v) is 19.6. The van der Waals surface area contributed by atoms with Crippen molar-refractivity contribution < 1.29 is 14.3 Å². The molecule has 3 aromatic carbocycles. The summed E-state index contributed by atoms with van der Waals surface area (Å²) in [5.74, 6) is 0.902. The van der Waals surface area contributed by atoms with Crippen molar-refractivity contribution in [2.45, 2.75) is 39.5 Å². The second-order valence-corrected chi connectivity index (χ2v) is 9.63. The molecule has 33 heavy (non-hydrogen) atoms. The monoisotopic (exact) mass is 442 g/mol. The molecule has 3 aromatic rings. The van der Waals surface area contributed by atoms with Gasteiger partial charge in [0.25, 0.3) is 0 Å². The third-order valence-corrected chi connectivity index (χ3v) is 5.92. The molecule has 0 saturated carbocycles. The summed E-state index contributed by atoms with van der Waals surface area (Å²) in [6.07, 6.45) is 0.214. The van der Waals surface area contributed by atoms with Gasteiger partial charge < -0.3 is 15.0 Å². The van der Waals surface area contributed by atoms with E-state index >= 15 is 0 Å².